The van der Waals surface area contributed by atoms with Crippen LogP contribution in [0.3, 0.4) is 0 Å². The first-order chi connectivity index (χ1) is 64.9. The zero-order chi connectivity index (χ0) is 97.6. The average molecular weight is 2000 g/mol. The minimum absolute atomic E-state index is 0.0700. The van der Waals surface area contributed by atoms with Crippen molar-refractivity contribution in [1.29, 1.82) is 0 Å². The van der Waals surface area contributed by atoms with E-state index < -0.39 is 71.7 Å². The largest absolute Gasteiger partial charge is 0.504 e. The van der Waals surface area contributed by atoms with Crippen LogP contribution >= 0.6 is 92.8 Å². The van der Waals surface area contributed by atoms with Gasteiger partial charge >= 0.3 is 23.9 Å². The molecule has 8 aromatic heterocycles. The molecule has 0 aliphatic carbocycles. The van der Waals surface area contributed by atoms with E-state index in [9.17, 15) is 99.6 Å². The maximum atomic E-state index is 13.0. The highest BCUT2D eigenvalue weighted by Crippen LogP contribution is 2.37. The Bertz CT molecular complexity index is 7250. The van der Waals surface area contributed by atoms with Gasteiger partial charge in [0.15, 0.2) is 57.3 Å². The number of imidazole rings is 4. The molecule has 8 heterocycles. The van der Waals surface area contributed by atoms with E-state index in [-0.39, 0.29) is 102 Å². The van der Waals surface area contributed by atoms with Crippen molar-refractivity contribution < 1.29 is 99.6 Å². The Morgan fingerprint density at radius 2 is 0.507 bits per heavy atom. The Hall–Kier alpha value is -15.0. The normalized spacial score (nSPS) is 11.9. The Morgan fingerprint density at radius 3 is 0.772 bits per heavy atom. The summed E-state index contributed by atoms with van der Waals surface area (Å²) in [6.45, 7) is 0. The molecule has 0 saturated carbocycles. The van der Waals surface area contributed by atoms with Gasteiger partial charge in [0, 0.05) is 82.8 Å². The third-order valence-electron chi connectivity index (χ3n) is 20.9. The smallest absolute Gasteiger partial charge is 0.326 e. The highest BCUT2D eigenvalue weighted by atomic mass is 35.5. The Balaban J connectivity index is 0.000000153. The van der Waals surface area contributed by atoms with Crippen LogP contribution in [0.1, 0.15) is 45.0 Å². The zero-order valence-electron chi connectivity index (χ0n) is 70.3. The maximum Gasteiger partial charge on any atom is 0.326 e. The van der Waals surface area contributed by atoms with Crippen LogP contribution < -0.4 is 21.3 Å². The van der Waals surface area contributed by atoms with Crippen LogP contribution in [-0.4, -0.2) is 170 Å². The highest BCUT2D eigenvalue weighted by Gasteiger charge is 2.31. The zero-order valence-corrected chi connectivity index (χ0v) is 76.3. The summed E-state index contributed by atoms with van der Waals surface area (Å²) in [5.41, 5.74) is 10.9. The van der Waals surface area contributed by atoms with Crippen molar-refractivity contribution >= 4 is 163 Å². The van der Waals surface area contributed by atoms with Crippen LogP contribution in [0.4, 0.5) is 0 Å². The Morgan fingerprint density at radius 1 is 0.265 bits per heavy atom. The molecule has 40 heteroatoms. The number of aliphatic carboxylic acids is 4. The molecule has 0 bridgehead atoms. The number of carbonyl (C=O) groups is 8. The van der Waals surface area contributed by atoms with Crippen LogP contribution in [0.15, 0.2) is 243 Å². The number of aromatic hydroxyl groups is 8. The first-order valence-corrected chi connectivity index (χ1v) is 43.7. The number of benzene rings is 8. The molecule has 16 aromatic rings. The summed E-state index contributed by atoms with van der Waals surface area (Å²) in [4.78, 5) is 117. The number of hydrogen-bond donors (Lipinski definition) is 16. The van der Waals surface area contributed by atoms with Crippen LogP contribution in [0, 0.1) is 0 Å². The van der Waals surface area contributed by atoms with E-state index in [1.807, 2.05) is 60.7 Å². The molecule has 4 atom stereocenters. The predicted octanol–water partition coefficient (Wildman–Crippen LogP) is 16.3. The van der Waals surface area contributed by atoms with Gasteiger partial charge in [0.2, 0.25) is 23.6 Å². The molecular formula is C96H76Cl8N12O20. The molecule has 16 rings (SSSR count). The number of aromatic nitrogens is 8. The van der Waals surface area contributed by atoms with Gasteiger partial charge in [0.05, 0.1) is 101 Å². The van der Waals surface area contributed by atoms with E-state index in [1.54, 1.807) is 121 Å². The van der Waals surface area contributed by atoms with Gasteiger partial charge < -0.3 is 100 Å². The molecule has 0 radical (unpaired) electrons. The molecule has 0 aliphatic rings. The summed E-state index contributed by atoms with van der Waals surface area (Å²) < 4.78 is 6.64. The van der Waals surface area contributed by atoms with Crippen molar-refractivity contribution in [2.24, 2.45) is 0 Å². The Labute approximate surface area is 810 Å². The summed E-state index contributed by atoms with van der Waals surface area (Å²) in [6.07, 6.45) is 5.41. The SMILES string of the molecule is O=C(Cc1c(-c2ccc(Cl)cc2)nc2c(Cl)cc(Cl)cn12)NC(Cc1ccc(O)c(O)c1)C(=O)O.O=C(Cc1c(-c2ccc(Cl)cc2)nc2ccc(Cl)cn12)NC(Cc1ccc(O)c(O)c1)C(=O)O.O=C(Cc1c(-c2ccccc2)nc2c(Cl)cc(Cl)cn12)NC(Cc1ccc(O)c(O)c1)C(=O)O.O=C(Cc1c(-c2ccccc2)nc2ccc(Cl)cn12)NC(Cc1ccc(O)c(O)c1)C(=O)O. The summed E-state index contributed by atoms with van der Waals surface area (Å²) >= 11 is 49.3. The van der Waals surface area contributed by atoms with Gasteiger partial charge in [0.25, 0.3) is 0 Å². The fraction of sp³-hybridized carbons (Fsp3) is 0.125. The van der Waals surface area contributed by atoms with Crippen molar-refractivity contribution in [1.82, 2.24) is 58.8 Å². The monoisotopic (exact) mass is 2000 g/mol. The average Bonchev–Trinajstić information content (AvgIpc) is 1.65. The van der Waals surface area contributed by atoms with E-state index in [4.69, 9.17) is 92.8 Å². The molecule has 0 saturated heterocycles. The summed E-state index contributed by atoms with van der Waals surface area (Å²) in [5.74, 6) is -9.90. The van der Waals surface area contributed by atoms with Gasteiger partial charge in [-0.05, 0) is 131 Å². The molecule has 4 amide bonds. The fourth-order valence-electron chi connectivity index (χ4n) is 14.5. The number of rotatable bonds is 28. The molecule has 16 N–H and O–H groups in total. The van der Waals surface area contributed by atoms with Gasteiger partial charge in [-0.3, -0.25) is 19.2 Å². The van der Waals surface area contributed by atoms with Crippen LogP contribution in [0.5, 0.6) is 46.0 Å². The van der Waals surface area contributed by atoms with E-state index in [0.717, 1.165) is 16.7 Å². The minimum atomic E-state index is -1.28. The second-order valence-electron chi connectivity index (χ2n) is 30.6. The van der Waals surface area contributed by atoms with Crippen molar-refractivity contribution in [2.75, 3.05) is 0 Å². The lowest BCUT2D eigenvalue weighted by atomic mass is 10.0. The molecule has 0 aliphatic heterocycles. The first kappa shape index (κ1) is 98.5. The summed E-state index contributed by atoms with van der Waals surface area (Å²) in [6, 6.07) is 53.3. The quantitative estimate of drug-likeness (QED) is 0.0203. The molecule has 0 fully saturated rings. The van der Waals surface area contributed by atoms with Crippen LogP contribution in [-0.2, 0) is 89.7 Å². The molecule has 4 unspecified atom stereocenters. The van der Waals surface area contributed by atoms with Gasteiger partial charge in [-0.25, -0.2) is 39.1 Å². The van der Waals surface area contributed by atoms with Crippen molar-refractivity contribution in [3.63, 3.8) is 0 Å². The second-order valence-corrected chi connectivity index (χ2v) is 34.0. The standard InChI is InChI=1S/C24H18Cl3N3O5.2C24H19Cl2N3O5.C24H20ClN3O5/c25-14-4-2-13(3-5-14)22-18(30-11-15(26)9-16(27)23(30)29-22)10-21(33)28-17(24(34)35)7-12-1-6-19(31)20(32)8-12;25-15-4-2-14(3-5-15)23-18(29-12-16(26)6-8-21(29)28-23)11-22(32)27-17(24(33)34)9-13-1-7-19(30)20(31)10-13;25-15-10-16(26)23-28-22(14-4-2-1-3-5-14)18(29(23)12-15)11-21(32)27-17(24(33)34)8-13-6-7-19(30)20(31)9-13;25-16-7-9-21-27-23(15-4-2-1-3-5-15)18(28(21)13-16)12-22(31)26-17(24(32)33)10-14-6-8-19(29)20(30)11-14/h1-6,8-9,11,17,31-32H,7,10H2,(H,28,33)(H,34,35);1-8,10,12,17,30-31H,9,11H2,(H,27,32)(H,33,34);1-7,9-10,12,17,30-31H,8,11H2,(H,27,32)(H,33,34);1-9,11,13,17,29-30H,10,12H2,(H,26,31)(H,32,33). The third-order valence-corrected chi connectivity index (χ3v) is 22.9. The van der Waals surface area contributed by atoms with Crippen LogP contribution in [0.2, 0.25) is 40.2 Å². The third kappa shape index (κ3) is 24.7. The van der Waals surface area contributed by atoms with E-state index >= 15 is 0 Å². The van der Waals surface area contributed by atoms with Crippen LogP contribution in [0.25, 0.3) is 67.6 Å². The second kappa shape index (κ2) is 43.8. The number of carboxylic acids is 4. The lowest BCUT2D eigenvalue weighted by Gasteiger charge is -2.15. The number of phenols is 8. The van der Waals surface area contributed by atoms with E-state index in [2.05, 4.69) is 41.2 Å². The number of hydrogen-bond acceptors (Lipinski definition) is 20. The summed E-state index contributed by atoms with van der Waals surface area (Å²) in [5, 5.41) is 128. The molecular weight excluding hydrogens is 1920 g/mol. The lowest BCUT2D eigenvalue weighted by Crippen LogP contribution is -2.43. The molecule has 0 spiro atoms. The van der Waals surface area contributed by atoms with E-state index in [0.29, 0.717) is 131 Å². The number of nitrogens with zero attached hydrogens (tertiary/aromatic N) is 8. The van der Waals surface area contributed by atoms with Crippen molar-refractivity contribution in [3.8, 4) is 91.0 Å². The van der Waals surface area contributed by atoms with Crippen molar-refractivity contribution in [3.05, 3.63) is 328 Å². The Kier molecular flexibility index (Phi) is 31.7. The van der Waals surface area contributed by atoms with E-state index in [1.165, 1.54) is 78.9 Å². The topological polar surface area (TPSA) is 497 Å². The minimum Gasteiger partial charge on any atom is -0.504 e. The van der Waals surface area contributed by atoms with Gasteiger partial charge in [-0.2, -0.15) is 0 Å². The number of phenolic OH excluding ortho intramolecular Hbond substituents is 8. The maximum absolute atomic E-state index is 13.0. The van der Waals surface area contributed by atoms with Gasteiger partial charge in [-0.15, -0.1) is 0 Å². The number of carbonyl (C=O) groups excluding carboxylic acids is 4. The first-order valence-electron chi connectivity index (χ1n) is 40.7. The van der Waals surface area contributed by atoms with Crippen molar-refractivity contribution in [2.45, 2.75) is 75.5 Å². The van der Waals surface area contributed by atoms with Gasteiger partial charge in [0.1, 0.15) is 35.5 Å². The molecule has 136 heavy (non-hydrogen) atoms. The summed E-state index contributed by atoms with van der Waals surface area (Å²) in [7, 11) is 0. The number of amides is 4. The molecule has 8 aromatic carbocycles. The van der Waals surface area contributed by atoms with Gasteiger partial charge in [-0.1, -0.05) is 202 Å². The highest BCUT2D eigenvalue weighted by molar-refractivity contribution is 6.37. The molecule has 32 nitrogen and oxygen atoms in total. The fourth-order valence-corrected chi connectivity index (χ4v) is 16.1. The lowest BCUT2D eigenvalue weighted by molar-refractivity contribution is -0.142. The number of fused-ring (bicyclic) bond motifs is 4. The predicted molar refractivity (Wildman–Crippen MR) is 510 cm³/mol. The number of nitrogens with one attached hydrogen (secondary N) is 4. The number of pyridine rings is 4. The number of carboxylic acid groups (broad SMARTS) is 4. The molecule has 696 valence electrons. The number of halogens is 8.